The highest BCUT2D eigenvalue weighted by atomic mass is 32.2. The number of aliphatic hydroxyl groups excluding tert-OH is 1. The van der Waals surface area contributed by atoms with E-state index in [9.17, 15) is 13.5 Å². The molecule has 196 valence electrons. The van der Waals surface area contributed by atoms with Crippen LogP contribution in [-0.2, 0) is 30.0 Å². The Morgan fingerprint density at radius 2 is 1.92 bits per heavy atom. The van der Waals surface area contributed by atoms with E-state index in [-0.39, 0.29) is 17.3 Å². The van der Waals surface area contributed by atoms with E-state index in [1.807, 2.05) is 42.9 Å². The quantitative estimate of drug-likeness (QED) is 0.311. The predicted octanol–water partition coefficient (Wildman–Crippen LogP) is 3.62. The maximum Gasteiger partial charge on any atom is 0.179 e. The first-order valence-electron chi connectivity index (χ1n) is 11.9. The minimum atomic E-state index is -3.54. The Morgan fingerprint density at radius 1 is 1.11 bits per heavy atom. The van der Waals surface area contributed by atoms with Crippen molar-refractivity contribution in [1.29, 1.82) is 0 Å². The Labute approximate surface area is 220 Å². The largest absolute Gasteiger partial charge is 0.495 e. The number of sulfone groups is 1. The van der Waals surface area contributed by atoms with Gasteiger partial charge in [0.15, 0.2) is 15.5 Å². The van der Waals surface area contributed by atoms with Crippen LogP contribution in [0.2, 0.25) is 0 Å². The zero-order valence-corrected chi connectivity index (χ0v) is 22.3. The molecule has 0 unspecified atom stereocenters. The maximum absolute atomic E-state index is 12.4. The highest BCUT2D eigenvalue weighted by Gasteiger charge is 2.21. The smallest absolute Gasteiger partial charge is 0.179 e. The molecule has 10 nitrogen and oxygen atoms in total. The number of anilines is 1. The Balaban J connectivity index is 1.55. The summed E-state index contributed by atoms with van der Waals surface area (Å²) < 4.78 is 33.7. The van der Waals surface area contributed by atoms with E-state index in [1.165, 1.54) is 7.11 Å². The molecule has 3 heterocycles. The molecule has 2 aromatic carbocycles. The normalized spacial score (nSPS) is 11.7. The summed E-state index contributed by atoms with van der Waals surface area (Å²) in [6, 6.07) is 14.8. The van der Waals surface area contributed by atoms with Crippen LogP contribution in [0.15, 0.2) is 65.8 Å². The predicted molar refractivity (Wildman–Crippen MR) is 145 cm³/mol. The monoisotopic (exact) mass is 532 g/mol. The number of fused-ring (bicyclic) bond motifs is 1. The SMILES string of the molecule is COc1ccc(-c2c(C)nn3c(NCc4cccc(-c5nccn5C)c4)cc(CO)nc23)cc1S(C)(=O)=O. The zero-order valence-electron chi connectivity index (χ0n) is 21.5. The average molecular weight is 533 g/mol. The number of aromatic nitrogens is 5. The Bertz CT molecular complexity index is 1760. The molecule has 0 saturated heterocycles. The lowest BCUT2D eigenvalue weighted by Crippen LogP contribution is -2.08. The molecule has 0 radical (unpaired) electrons. The number of hydrogen-bond donors (Lipinski definition) is 2. The van der Waals surface area contributed by atoms with Crippen molar-refractivity contribution in [3.05, 3.63) is 77.9 Å². The number of ether oxygens (including phenoxy) is 1. The summed E-state index contributed by atoms with van der Waals surface area (Å²) in [4.78, 5) is 9.13. The van der Waals surface area contributed by atoms with Gasteiger partial charge in [0, 0.05) is 49.4 Å². The molecule has 0 amide bonds. The van der Waals surface area contributed by atoms with Crippen molar-refractivity contribution in [3.8, 4) is 28.3 Å². The van der Waals surface area contributed by atoms with Crippen molar-refractivity contribution in [2.45, 2.75) is 25.0 Å². The first-order valence-corrected chi connectivity index (χ1v) is 13.8. The summed E-state index contributed by atoms with van der Waals surface area (Å²) in [5.41, 5.74) is 4.98. The first kappa shape index (κ1) is 25.4. The molecule has 0 atom stereocenters. The van der Waals surface area contributed by atoms with Gasteiger partial charge in [-0.15, -0.1) is 0 Å². The lowest BCUT2D eigenvalue weighted by molar-refractivity contribution is 0.277. The molecule has 38 heavy (non-hydrogen) atoms. The van der Waals surface area contributed by atoms with Crippen molar-refractivity contribution >= 4 is 21.3 Å². The number of imidazole rings is 1. The van der Waals surface area contributed by atoms with Crippen LogP contribution in [-0.4, -0.2) is 51.0 Å². The van der Waals surface area contributed by atoms with Gasteiger partial charge in [-0.25, -0.2) is 18.4 Å². The molecule has 0 aliphatic heterocycles. The van der Waals surface area contributed by atoms with E-state index in [0.29, 0.717) is 40.5 Å². The summed E-state index contributed by atoms with van der Waals surface area (Å²) in [7, 11) is -0.150. The number of methoxy groups -OCH3 is 1. The molecule has 2 N–H and O–H groups in total. The van der Waals surface area contributed by atoms with Crippen LogP contribution >= 0.6 is 0 Å². The van der Waals surface area contributed by atoms with Gasteiger partial charge in [0.05, 0.1) is 25.1 Å². The van der Waals surface area contributed by atoms with E-state index in [2.05, 4.69) is 21.4 Å². The summed E-state index contributed by atoms with van der Waals surface area (Å²) in [5, 5.41) is 18.1. The Morgan fingerprint density at radius 3 is 2.61 bits per heavy atom. The third-order valence-electron chi connectivity index (χ3n) is 6.31. The van der Waals surface area contributed by atoms with E-state index in [0.717, 1.165) is 23.2 Å². The second kappa shape index (κ2) is 9.92. The molecule has 0 bridgehead atoms. The summed E-state index contributed by atoms with van der Waals surface area (Å²) >= 11 is 0. The lowest BCUT2D eigenvalue weighted by atomic mass is 10.1. The lowest BCUT2D eigenvalue weighted by Gasteiger charge is -2.12. The van der Waals surface area contributed by atoms with Gasteiger partial charge in [-0.05, 0) is 36.2 Å². The van der Waals surface area contributed by atoms with Crippen LogP contribution in [0.25, 0.3) is 28.2 Å². The van der Waals surface area contributed by atoms with Crippen molar-refractivity contribution in [3.63, 3.8) is 0 Å². The third kappa shape index (κ3) is 4.73. The summed E-state index contributed by atoms with van der Waals surface area (Å²) in [5.74, 6) is 1.79. The molecule has 11 heteroatoms. The van der Waals surface area contributed by atoms with Gasteiger partial charge in [-0.1, -0.05) is 24.3 Å². The summed E-state index contributed by atoms with van der Waals surface area (Å²) in [6.07, 6.45) is 4.82. The molecule has 5 aromatic rings. The van der Waals surface area contributed by atoms with Crippen LogP contribution in [0.1, 0.15) is 17.0 Å². The fourth-order valence-corrected chi connectivity index (χ4v) is 5.36. The minimum absolute atomic E-state index is 0.0838. The average Bonchev–Trinajstić information content (AvgIpc) is 3.48. The molecule has 0 fully saturated rings. The van der Waals surface area contributed by atoms with Crippen LogP contribution in [0, 0.1) is 6.92 Å². The number of benzene rings is 2. The number of nitrogens with zero attached hydrogens (tertiary/aromatic N) is 5. The number of nitrogens with one attached hydrogen (secondary N) is 1. The first-order chi connectivity index (χ1) is 18.2. The van der Waals surface area contributed by atoms with E-state index in [4.69, 9.17) is 9.84 Å². The van der Waals surface area contributed by atoms with Crippen molar-refractivity contribution in [1.82, 2.24) is 24.1 Å². The molecular formula is C27H28N6O4S. The van der Waals surface area contributed by atoms with E-state index >= 15 is 0 Å². The third-order valence-corrected chi connectivity index (χ3v) is 7.43. The van der Waals surface area contributed by atoms with Gasteiger partial charge in [0.1, 0.15) is 22.3 Å². The zero-order chi connectivity index (χ0) is 27.0. The van der Waals surface area contributed by atoms with Gasteiger partial charge in [-0.2, -0.15) is 9.61 Å². The molecule has 3 aromatic heterocycles. The van der Waals surface area contributed by atoms with Gasteiger partial charge in [-0.3, -0.25) is 0 Å². The van der Waals surface area contributed by atoms with Crippen molar-refractivity contribution in [2.75, 3.05) is 18.7 Å². The van der Waals surface area contributed by atoms with Gasteiger partial charge in [0.25, 0.3) is 0 Å². The molecule has 0 saturated carbocycles. The van der Waals surface area contributed by atoms with Crippen LogP contribution in [0.5, 0.6) is 5.75 Å². The highest BCUT2D eigenvalue weighted by molar-refractivity contribution is 7.90. The van der Waals surface area contributed by atoms with Crippen LogP contribution < -0.4 is 10.1 Å². The molecule has 0 aliphatic carbocycles. The van der Waals surface area contributed by atoms with E-state index in [1.54, 1.807) is 35.0 Å². The second-order valence-corrected chi connectivity index (χ2v) is 11.0. The van der Waals surface area contributed by atoms with Crippen molar-refractivity contribution < 1.29 is 18.3 Å². The fourth-order valence-electron chi connectivity index (χ4n) is 4.50. The number of hydrogen-bond acceptors (Lipinski definition) is 8. The topological polar surface area (TPSA) is 124 Å². The molecule has 0 aliphatic rings. The Hall–Kier alpha value is -4.22. The molecule has 0 spiro atoms. The van der Waals surface area contributed by atoms with Gasteiger partial charge >= 0.3 is 0 Å². The summed E-state index contributed by atoms with van der Waals surface area (Å²) in [6.45, 7) is 2.07. The molecular weight excluding hydrogens is 504 g/mol. The number of aryl methyl sites for hydroxylation is 2. The second-order valence-electron chi connectivity index (χ2n) is 9.04. The fraction of sp³-hybridized carbons (Fsp3) is 0.222. The standard InChI is InChI=1S/C27H28N6O4S/c1-17-25(19-8-9-22(37-3)23(13-19)38(4,35)36)27-30-21(16-34)14-24(33(27)31-17)29-15-18-6-5-7-20(12-18)26-28-10-11-32(26)2/h5-14,29,34H,15-16H2,1-4H3. The van der Waals surface area contributed by atoms with Crippen molar-refractivity contribution in [2.24, 2.45) is 7.05 Å². The number of aliphatic hydroxyl groups is 1. The minimum Gasteiger partial charge on any atom is -0.495 e. The van der Waals surface area contributed by atoms with Gasteiger partial charge in [0.2, 0.25) is 0 Å². The van der Waals surface area contributed by atoms with Gasteiger partial charge < -0.3 is 19.7 Å². The highest BCUT2D eigenvalue weighted by Crippen LogP contribution is 2.34. The van der Waals surface area contributed by atoms with Crippen LogP contribution in [0.4, 0.5) is 5.82 Å². The maximum atomic E-state index is 12.4. The number of rotatable bonds is 8. The van der Waals surface area contributed by atoms with E-state index < -0.39 is 9.84 Å². The molecule has 5 rings (SSSR count). The Kier molecular flexibility index (Phi) is 6.64. The van der Waals surface area contributed by atoms with Crippen LogP contribution in [0.3, 0.4) is 0 Å².